The standard InChI is InChI=1S/C14H22/c1-11-4-10-5-12(2)9-13(3,7-11)14(12,6-10)8-11/h10H,4-9H2,1-3H3. The number of hydrogen-bond acceptors (Lipinski definition) is 0. The molecule has 4 rings (SSSR count). The van der Waals surface area contributed by atoms with Gasteiger partial charge < -0.3 is 0 Å². The molecule has 4 fully saturated rings. The van der Waals surface area contributed by atoms with E-state index in [1.807, 2.05) is 0 Å². The summed E-state index contributed by atoms with van der Waals surface area (Å²) in [5.41, 5.74) is 3.06. The fourth-order valence-corrected chi connectivity index (χ4v) is 7.23. The smallest absolute Gasteiger partial charge is 0.0181 e. The van der Waals surface area contributed by atoms with Crippen molar-refractivity contribution < 1.29 is 0 Å². The molecule has 4 aliphatic carbocycles. The first-order chi connectivity index (χ1) is 6.41. The highest BCUT2D eigenvalue weighted by molar-refractivity contribution is 5.28. The molecule has 0 aromatic carbocycles. The van der Waals surface area contributed by atoms with Crippen molar-refractivity contribution in [2.75, 3.05) is 0 Å². The molecule has 0 saturated heterocycles. The van der Waals surface area contributed by atoms with E-state index < -0.39 is 0 Å². The van der Waals surface area contributed by atoms with Crippen molar-refractivity contribution in [2.45, 2.75) is 59.3 Å². The van der Waals surface area contributed by atoms with E-state index in [0.29, 0.717) is 0 Å². The van der Waals surface area contributed by atoms with Gasteiger partial charge in [-0.25, -0.2) is 0 Å². The second kappa shape index (κ2) is 1.72. The highest BCUT2D eigenvalue weighted by Gasteiger charge is 2.79. The number of fused-ring (bicyclic) bond motifs is 2. The molecular weight excluding hydrogens is 168 g/mol. The monoisotopic (exact) mass is 190 g/mol. The van der Waals surface area contributed by atoms with Crippen LogP contribution in [0.4, 0.5) is 0 Å². The molecule has 5 unspecified atom stereocenters. The summed E-state index contributed by atoms with van der Waals surface area (Å²) in [6, 6.07) is 0. The van der Waals surface area contributed by atoms with Crippen molar-refractivity contribution in [3.63, 3.8) is 0 Å². The summed E-state index contributed by atoms with van der Waals surface area (Å²) in [6.07, 6.45) is 9.38. The molecule has 0 nitrogen and oxygen atoms in total. The zero-order chi connectivity index (χ0) is 9.82. The minimum atomic E-state index is 0.742. The molecule has 4 aliphatic rings. The van der Waals surface area contributed by atoms with Crippen LogP contribution >= 0.6 is 0 Å². The lowest BCUT2D eigenvalue weighted by molar-refractivity contribution is -0.157. The Bertz CT molecular complexity index is 331. The van der Waals surface area contributed by atoms with Crippen LogP contribution in [0.3, 0.4) is 0 Å². The highest BCUT2D eigenvalue weighted by atomic mass is 14.8. The zero-order valence-electron chi connectivity index (χ0n) is 9.82. The first-order valence-electron chi connectivity index (χ1n) is 6.41. The van der Waals surface area contributed by atoms with Gasteiger partial charge >= 0.3 is 0 Å². The van der Waals surface area contributed by atoms with Crippen LogP contribution < -0.4 is 0 Å². The third-order valence-electron chi connectivity index (χ3n) is 6.79. The Balaban J connectivity index is 1.94. The van der Waals surface area contributed by atoms with Gasteiger partial charge in [0.25, 0.3) is 0 Å². The van der Waals surface area contributed by atoms with E-state index in [1.54, 1.807) is 38.5 Å². The molecule has 1 spiro atoms. The average Bonchev–Trinajstić information content (AvgIpc) is 2.22. The maximum absolute atomic E-state index is 2.60. The summed E-state index contributed by atoms with van der Waals surface area (Å²) in [4.78, 5) is 0. The van der Waals surface area contributed by atoms with E-state index in [4.69, 9.17) is 0 Å². The van der Waals surface area contributed by atoms with Gasteiger partial charge in [-0.05, 0) is 66.1 Å². The third-order valence-corrected chi connectivity index (χ3v) is 6.79. The van der Waals surface area contributed by atoms with Gasteiger partial charge in [-0.1, -0.05) is 20.8 Å². The minimum Gasteiger partial charge on any atom is -0.0596 e. The molecule has 78 valence electrons. The third kappa shape index (κ3) is 0.558. The van der Waals surface area contributed by atoms with Gasteiger partial charge in [-0.15, -0.1) is 0 Å². The van der Waals surface area contributed by atoms with E-state index in [0.717, 1.165) is 27.6 Å². The molecule has 14 heavy (non-hydrogen) atoms. The van der Waals surface area contributed by atoms with Crippen LogP contribution in [0.25, 0.3) is 0 Å². The topological polar surface area (TPSA) is 0 Å². The molecule has 0 aromatic heterocycles. The van der Waals surface area contributed by atoms with E-state index in [2.05, 4.69) is 20.8 Å². The van der Waals surface area contributed by atoms with Crippen molar-refractivity contribution in [1.82, 2.24) is 0 Å². The first kappa shape index (κ1) is 8.19. The predicted molar refractivity (Wildman–Crippen MR) is 57.9 cm³/mol. The van der Waals surface area contributed by atoms with Gasteiger partial charge in [0.15, 0.2) is 0 Å². The average molecular weight is 190 g/mol. The fraction of sp³-hybridized carbons (Fsp3) is 1.00. The number of rotatable bonds is 0. The summed E-state index contributed by atoms with van der Waals surface area (Å²) < 4.78 is 0. The van der Waals surface area contributed by atoms with Crippen molar-refractivity contribution in [3.05, 3.63) is 0 Å². The molecule has 5 atom stereocenters. The quantitative estimate of drug-likeness (QED) is 0.541. The Morgan fingerprint density at radius 2 is 1.57 bits per heavy atom. The second-order valence-electron chi connectivity index (χ2n) is 8.02. The summed E-state index contributed by atoms with van der Waals surface area (Å²) >= 11 is 0. The van der Waals surface area contributed by atoms with Crippen LogP contribution in [0.5, 0.6) is 0 Å². The normalized spacial score (nSPS) is 73.5. The van der Waals surface area contributed by atoms with E-state index >= 15 is 0 Å². The van der Waals surface area contributed by atoms with Crippen molar-refractivity contribution in [2.24, 2.45) is 27.6 Å². The molecule has 3 bridgehead atoms. The molecular formula is C14H22. The van der Waals surface area contributed by atoms with E-state index in [1.165, 1.54) is 0 Å². The summed E-state index contributed by atoms with van der Waals surface area (Å²) in [5, 5.41) is 0. The maximum Gasteiger partial charge on any atom is -0.0181 e. The van der Waals surface area contributed by atoms with Gasteiger partial charge in [0.1, 0.15) is 0 Å². The lowest BCUT2D eigenvalue weighted by Gasteiger charge is -2.64. The molecule has 0 heterocycles. The van der Waals surface area contributed by atoms with Gasteiger partial charge in [0.2, 0.25) is 0 Å². The van der Waals surface area contributed by atoms with Crippen LogP contribution in [0.2, 0.25) is 0 Å². The van der Waals surface area contributed by atoms with Gasteiger partial charge in [0, 0.05) is 0 Å². The molecule has 0 N–H and O–H groups in total. The Hall–Kier alpha value is 0. The Morgan fingerprint density at radius 3 is 2.36 bits per heavy atom. The highest BCUT2D eigenvalue weighted by Crippen LogP contribution is 2.88. The van der Waals surface area contributed by atoms with Crippen LogP contribution in [0.15, 0.2) is 0 Å². The Morgan fingerprint density at radius 1 is 0.786 bits per heavy atom. The molecule has 0 radical (unpaired) electrons. The van der Waals surface area contributed by atoms with Gasteiger partial charge in [-0.3, -0.25) is 0 Å². The summed E-state index contributed by atoms with van der Waals surface area (Å²) in [5.74, 6) is 1.10. The van der Waals surface area contributed by atoms with Crippen LogP contribution in [-0.4, -0.2) is 0 Å². The van der Waals surface area contributed by atoms with Crippen LogP contribution in [0.1, 0.15) is 59.3 Å². The number of hydrogen-bond donors (Lipinski definition) is 0. The van der Waals surface area contributed by atoms with E-state index in [-0.39, 0.29) is 0 Å². The van der Waals surface area contributed by atoms with Crippen molar-refractivity contribution in [1.29, 1.82) is 0 Å². The lowest BCUT2D eigenvalue weighted by Crippen LogP contribution is -2.57. The summed E-state index contributed by atoms with van der Waals surface area (Å²) in [7, 11) is 0. The second-order valence-corrected chi connectivity index (χ2v) is 8.02. The van der Waals surface area contributed by atoms with Crippen LogP contribution in [0, 0.1) is 27.6 Å². The molecule has 0 amide bonds. The zero-order valence-corrected chi connectivity index (χ0v) is 9.82. The Labute approximate surface area is 87.5 Å². The molecule has 0 aromatic rings. The van der Waals surface area contributed by atoms with Crippen LogP contribution in [-0.2, 0) is 0 Å². The van der Waals surface area contributed by atoms with Gasteiger partial charge in [-0.2, -0.15) is 0 Å². The SMILES string of the molecule is CC12CC3CC4(C)CC(C)(C1)C4(C3)C2. The minimum absolute atomic E-state index is 0.742. The molecule has 4 saturated carbocycles. The molecule has 0 heteroatoms. The van der Waals surface area contributed by atoms with E-state index in [9.17, 15) is 0 Å². The summed E-state index contributed by atoms with van der Waals surface area (Å²) in [6.45, 7) is 7.79. The van der Waals surface area contributed by atoms with Crippen molar-refractivity contribution in [3.8, 4) is 0 Å². The van der Waals surface area contributed by atoms with Crippen molar-refractivity contribution >= 4 is 0 Å². The molecule has 0 aliphatic heterocycles. The fourth-order valence-electron chi connectivity index (χ4n) is 7.23. The largest absolute Gasteiger partial charge is 0.0596 e. The first-order valence-corrected chi connectivity index (χ1v) is 6.41. The Kier molecular flexibility index (Phi) is 1.01. The maximum atomic E-state index is 2.60. The van der Waals surface area contributed by atoms with Gasteiger partial charge in [0.05, 0.1) is 0 Å². The lowest BCUT2D eigenvalue weighted by atomic mass is 9.40. The predicted octanol–water partition coefficient (Wildman–Crippen LogP) is 4.00.